The van der Waals surface area contributed by atoms with Crippen LogP contribution in [0.5, 0.6) is 11.5 Å². The van der Waals surface area contributed by atoms with Gasteiger partial charge in [-0.05, 0) is 43.7 Å². The topological polar surface area (TPSA) is 50.7 Å². The molecule has 0 aliphatic heterocycles. The van der Waals surface area contributed by atoms with E-state index in [4.69, 9.17) is 14.6 Å². The van der Waals surface area contributed by atoms with E-state index in [1.165, 1.54) is 6.07 Å². The van der Waals surface area contributed by atoms with Crippen LogP contribution >= 0.6 is 15.9 Å². The molecule has 0 heterocycles. The van der Waals surface area contributed by atoms with E-state index in [2.05, 4.69) is 21.2 Å². The van der Waals surface area contributed by atoms with Crippen molar-refractivity contribution in [3.05, 3.63) is 57.8 Å². The molecule has 0 aromatic heterocycles. The van der Waals surface area contributed by atoms with Gasteiger partial charge in [-0.3, -0.25) is 0 Å². The van der Waals surface area contributed by atoms with Crippen LogP contribution in [0.1, 0.15) is 24.5 Å². The van der Waals surface area contributed by atoms with Gasteiger partial charge in [-0.25, -0.2) is 4.39 Å². The molecule has 0 saturated heterocycles. The molecular formula is C19H23BrFNO3. The summed E-state index contributed by atoms with van der Waals surface area (Å²) in [6.07, 6.45) is 0.708. The molecule has 2 N–H and O–H groups in total. The third-order valence-electron chi connectivity index (χ3n) is 3.58. The highest BCUT2D eigenvalue weighted by molar-refractivity contribution is 9.10. The Labute approximate surface area is 156 Å². The smallest absolute Gasteiger partial charge is 0.162 e. The molecule has 0 amide bonds. The van der Waals surface area contributed by atoms with E-state index < -0.39 is 0 Å². The highest BCUT2D eigenvalue weighted by Crippen LogP contribution is 2.34. The summed E-state index contributed by atoms with van der Waals surface area (Å²) in [5.41, 5.74) is 1.52. The van der Waals surface area contributed by atoms with E-state index in [9.17, 15) is 4.39 Å². The van der Waals surface area contributed by atoms with Crippen molar-refractivity contribution in [1.29, 1.82) is 0 Å². The molecule has 136 valence electrons. The lowest BCUT2D eigenvalue weighted by Crippen LogP contribution is -2.16. The molecule has 2 rings (SSSR count). The maximum atomic E-state index is 13.7. The van der Waals surface area contributed by atoms with Crippen molar-refractivity contribution in [2.24, 2.45) is 0 Å². The summed E-state index contributed by atoms with van der Waals surface area (Å²) in [5, 5.41) is 12.1. The van der Waals surface area contributed by atoms with Crippen LogP contribution in [0, 0.1) is 5.82 Å². The largest absolute Gasteiger partial charge is 0.490 e. The molecule has 4 nitrogen and oxygen atoms in total. The number of aliphatic hydroxyl groups is 1. The van der Waals surface area contributed by atoms with Gasteiger partial charge in [0.25, 0.3) is 0 Å². The van der Waals surface area contributed by atoms with Gasteiger partial charge in [0.05, 0.1) is 6.61 Å². The Kier molecular flexibility index (Phi) is 8.18. The van der Waals surface area contributed by atoms with E-state index in [1.807, 2.05) is 19.1 Å². The van der Waals surface area contributed by atoms with Gasteiger partial charge in [0.15, 0.2) is 11.5 Å². The van der Waals surface area contributed by atoms with E-state index in [1.54, 1.807) is 18.2 Å². The number of hydrogen-bond donors (Lipinski definition) is 2. The van der Waals surface area contributed by atoms with E-state index in [0.717, 1.165) is 16.6 Å². The van der Waals surface area contributed by atoms with Crippen LogP contribution in [0.25, 0.3) is 0 Å². The van der Waals surface area contributed by atoms with Crippen molar-refractivity contribution in [3.8, 4) is 11.5 Å². The molecule has 0 fully saturated rings. The normalized spacial score (nSPS) is 10.7. The molecule has 2 aromatic carbocycles. The Hall–Kier alpha value is -1.63. The fourth-order valence-electron chi connectivity index (χ4n) is 2.29. The van der Waals surface area contributed by atoms with Gasteiger partial charge in [0.1, 0.15) is 12.4 Å². The Morgan fingerprint density at radius 3 is 2.60 bits per heavy atom. The summed E-state index contributed by atoms with van der Waals surface area (Å²) in [5.74, 6) is 0.904. The molecule has 0 radical (unpaired) electrons. The quantitative estimate of drug-likeness (QED) is 0.579. The Morgan fingerprint density at radius 2 is 1.88 bits per heavy atom. The number of nitrogens with one attached hydrogen (secondary N) is 1. The Morgan fingerprint density at radius 1 is 1.12 bits per heavy atom. The summed E-state index contributed by atoms with van der Waals surface area (Å²) in [6.45, 7) is 4.10. The van der Waals surface area contributed by atoms with Gasteiger partial charge in [0.2, 0.25) is 0 Å². The predicted octanol–water partition coefficient (Wildman–Crippen LogP) is 4.04. The zero-order chi connectivity index (χ0) is 18.1. The van der Waals surface area contributed by atoms with Crippen LogP contribution in [0.3, 0.4) is 0 Å². The van der Waals surface area contributed by atoms with Gasteiger partial charge < -0.3 is 19.9 Å². The van der Waals surface area contributed by atoms with Crippen LogP contribution in [0.15, 0.2) is 40.9 Å². The fourth-order valence-corrected chi connectivity index (χ4v) is 2.75. The lowest BCUT2D eigenvalue weighted by atomic mass is 10.2. The standard InChI is InChI=1S/C19H23BrFNO3/c1-2-24-18-10-15(12-22-8-5-9-23)16(20)11-19(18)25-13-14-6-3-4-7-17(14)21/h3-4,6-7,10-11,22-23H,2,5,8-9,12-13H2,1H3. The fraction of sp³-hybridized carbons (Fsp3) is 0.368. The number of rotatable bonds is 10. The summed E-state index contributed by atoms with van der Waals surface area (Å²) in [4.78, 5) is 0. The van der Waals surface area contributed by atoms with E-state index >= 15 is 0 Å². The monoisotopic (exact) mass is 411 g/mol. The summed E-state index contributed by atoms with van der Waals surface area (Å²) in [6, 6.07) is 10.3. The lowest BCUT2D eigenvalue weighted by molar-refractivity contribution is 0.265. The third kappa shape index (κ3) is 5.99. The molecule has 2 aromatic rings. The van der Waals surface area contributed by atoms with Gasteiger partial charge >= 0.3 is 0 Å². The molecule has 25 heavy (non-hydrogen) atoms. The molecular weight excluding hydrogens is 389 g/mol. The van der Waals surface area contributed by atoms with Crippen LogP contribution in [-0.4, -0.2) is 24.9 Å². The molecule has 0 aliphatic rings. The zero-order valence-electron chi connectivity index (χ0n) is 14.2. The first-order valence-electron chi connectivity index (χ1n) is 8.28. The first kappa shape index (κ1) is 19.7. The third-order valence-corrected chi connectivity index (χ3v) is 4.32. The van der Waals surface area contributed by atoms with Crippen LogP contribution in [0.4, 0.5) is 4.39 Å². The molecule has 0 spiro atoms. The number of ether oxygens (including phenoxy) is 2. The number of hydrogen-bond acceptors (Lipinski definition) is 4. The summed E-state index contributed by atoms with van der Waals surface area (Å²) < 4.78 is 26.1. The van der Waals surface area contributed by atoms with Crippen molar-refractivity contribution < 1.29 is 19.0 Å². The average Bonchev–Trinajstić information content (AvgIpc) is 2.61. The summed E-state index contributed by atoms with van der Waals surface area (Å²) >= 11 is 3.54. The first-order chi connectivity index (χ1) is 12.2. The average molecular weight is 412 g/mol. The highest BCUT2D eigenvalue weighted by atomic mass is 79.9. The molecule has 0 atom stereocenters. The van der Waals surface area contributed by atoms with Crippen molar-refractivity contribution in [2.45, 2.75) is 26.5 Å². The minimum atomic E-state index is -0.288. The maximum Gasteiger partial charge on any atom is 0.162 e. The van der Waals surface area contributed by atoms with E-state index in [-0.39, 0.29) is 19.0 Å². The maximum absolute atomic E-state index is 13.7. The highest BCUT2D eigenvalue weighted by Gasteiger charge is 2.12. The Bertz CT molecular complexity index is 682. The zero-order valence-corrected chi connectivity index (χ0v) is 15.8. The second-order valence-electron chi connectivity index (χ2n) is 5.46. The minimum absolute atomic E-state index is 0.132. The Balaban J connectivity index is 2.11. The molecule has 0 unspecified atom stereocenters. The summed E-state index contributed by atoms with van der Waals surface area (Å²) in [7, 11) is 0. The van der Waals surface area contributed by atoms with Crippen molar-refractivity contribution in [1.82, 2.24) is 5.32 Å². The van der Waals surface area contributed by atoms with E-state index in [0.29, 0.717) is 36.6 Å². The molecule has 0 bridgehead atoms. The minimum Gasteiger partial charge on any atom is -0.490 e. The van der Waals surface area contributed by atoms with Crippen LogP contribution < -0.4 is 14.8 Å². The SMILES string of the molecule is CCOc1cc(CNCCCO)c(Br)cc1OCc1ccccc1F. The van der Waals surface area contributed by atoms with Crippen molar-refractivity contribution >= 4 is 15.9 Å². The predicted molar refractivity (Wildman–Crippen MR) is 99.5 cm³/mol. The molecule has 0 aliphatic carbocycles. The van der Waals surface area contributed by atoms with Crippen LogP contribution in [-0.2, 0) is 13.2 Å². The van der Waals surface area contributed by atoms with Crippen LogP contribution in [0.2, 0.25) is 0 Å². The number of aliphatic hydroxyl groups excluding tert-OH is 1. The number of benzene rings is 2. The van der Waals surface area contributed by atoms with Gasteiger partial charge in [-0.15, -0.1) is 0 Å². The van der Waals surface area contributed by atoms with Gasteiger partial charge in [0, 0.05) is 23.2 Å². The van der Waals surface area contributed by atoms with Crippen molar-refractivity contribution in [2.75, 3.05) is 19.8 Å². The number of halogens is 2. The molecule has 0 saturated carbocycles. The second kappa shape index (κ2) is 10.4. The van der Waals surface area contributed by atoms with Crippen molar-refractivity contribution in [3.63, 3.8) is 0 Å². The van der Waals surface area contributed by atoms with Gasteiger partial charge in [-0.1, -0.05) is 34.1 Å². The second-order valence-corrected chi connectivity index (χ2v) is 6.31. The lowest BCUT2D eigenvalue weighted by Gasteiger charge is -2.15. The first-order valence-corrected chi connectivity index (χ1v) is 9.08. The van der Waals surface area contributed by atoms with Gasteiger partial charge in [-0.2, -0.15) is 0 Å². The molecule has 6 heteroatoms.